The number of nitrogens with two attached hydrogens (primary N) is 1. The molecule has 20 heavy (non-hydrogen) atoms. The van der Waals surface area contributed by atoms with Crippen LogP contribution < -0.4 is 10.5 Å². The summed E-state index contributed by atoms with van der Waals surface area (Å²) in [6.07, 6.45) is 1.17. The molecule has 2 aromatic carbocycles. The van der Waals surface area contributed by atoms with Gasteiger partial charge in [-0.3, -0.25) is 0 Å². The molecule has 1 aliphatic rings. The molecule has 0 heterocycles. The quantitative estimate of drug-likeness (QED) is 0.914. The first-order valence-corrected chi connectivity index (χ1v) is 7.15. The van der Waals surface area contributed by atoms with Crippen molar-refractivity contribution in [2.24, 2.45) is 11.7 Å². The molecule has 0 saturated heterocycles. The normalized spacial score (nSPS) is 22.4. The molecule has 2 heteroatoms. The highest BCUT2D eigenvalue weighted by Gasteiger charge is 2.43. The van der Waals surface area contributed by atoms with Gasteiger partial charge in [-0.1, -0.05) is 42.5 Å². The zero-order chi connectivity index (χ0) is 14.1. The molecule has 1 fully saturated rings. The summed E-state index contributed by atoms with van der Waals surface area (Å²) in [7, 11) is 1.71. The third-order valence-electron chi connectivity index (χ3n) is 4.28. The van der Waals surface area contributed by atoms with Gasteiger partial charge in [0.1, 0.15) is 5.75 Å². The fourth-order valence-electron chi connectivity index (χ4n) is 3.02. The van der Waals surface area contributed by atoms with Gasteiger partial charge in [0, 0.05) is 11.6 Å². The summed E-state index contributed by atoms with van der Waals surface area (Å²) in [5, 5.41) is 0. The Morgan fingerprint density at radius 2 is 1.90 bits per heavy atom. The molecule has 0 radical (unpaired) electrons. The van der Waals surface area contributed by atoms with E-state index in [9.17, 15) is 0 Å². The van der Waals surface area contributed by atoms with Crippen molar-refractivity contribution in [3.63, 3.8) is 0 Å². The first kappa shape index (κ1) is 13.2. The van der Waals surface area contributed by atoms with Crippen molar-refractivity contribution in [3.05, 3.63) is 65.2 Å². The molecule has 2 aromatic rings. The first-order valence-electron chi connectivity index (χ1n) is 7.15. The van der Waals surface area contributed by atoms with E-state index < -0.39 is 0 Å². The predicted octanol–water partition coefficient (Wildman–Crippen LogP) is 3.81. The molecular weight excluding hydrogens is 246 g/mol. The van der Waals surface area contributed by atoms with Gasteiger partial charge in [-0.2, -0.15) is 0 Å². The molecular formula is C18H21NO. The number of ether oxygens (including phenoxy) is 1. The Labute approximate surface area is 120 Å². The molecule has 3 atom stereocenters. The van der Waals surface area contributed by atoms with Crippen LogP contribution in [0.5, 0.6) is 5.75 Å². The zero-order valence-electron chi connectivity index (χ0n) is 12.0. The summed E-state index contributed by atoms with van der Waals surface area (Å²) in [5.41, 5.74) is 10.2. The standard InChI is InChI=1S/C18H21NO/c1-12-8-9-14(17(10-12)20-2)18(19)16-11-15(16)13-6-4-3-5-7-13/h3-10,15-16,18H,11,19H2,1-2H3. The maximum Gasteiger partial charge on any atom is 0.123 e. The van der Waals surface area contributed by atoms with E-state index in [0.29, 0.717) is 11.8 Å². The highest BCUT2D eigenvalue weighted by Crippen LogP contribution is 2.54. The van der Waals surface area contributed by atoms with E-state index >= 15 is 0 Å². The van der Waals surface area contributed by atoms with Crippen LogP contribution in [0.1, 0.15) is 35.1 Å². The molecule has 2 nitrogen and oxygen atoms in total. The van der Waals surface area contributed by atoms with Crippen LogP contribution in [-0.2, 0) is 0 Å². The van der Waals surface area contributed by atoms with Crippen molar-refractivity contribution < 1.29 is 4.74 Å². The summed E-state index contributed by atoms with van der Waals surface area (Å²) in [6.45, 7) is 2.07. The monoisotopic (exact) mass is 267 g/mol. The summed E-state index contributed by atoms with van der Waals surface area (Å²) < 4.78 is 5.49. The Balaban J connectivity index is 1.80. The van der Waals surface area contributed by atoms with Gasteiger partial charge in [-0.05, 0) is 42.4 Å². The lowest BCUT2D eigenvalue weighted by Crippen LogP contribution is -2.14. The Morgan fingerprint density at radius 3 is 2.60 bits per heavy atom. The van der Waals surface area contributed by atoms with Gasteiger partial charge in [0.2, 0.25) is 0 Å². The van der Waals surface area contributed by atoms with Crippen LogP contribution in [0.3, 0.4) is 0 Å². The van der Waals surface area contributed by atoms with Gasteiger partial charge in [0.05, 0.1) is 7.11 Å². The summed E-state index contributed by atoms with van der Waals surface area (Å²) >= 11 is 0. The van der Waals surface area contributed by atoms with E-state index in [4.69, 9.17) is 10.5 Å². The predicted molar refractivity (Wildman–Crippen MR) is 81.9 cm³/mol. The summed E-state index contributed by atoms with van der Waals surface area (Å²) in [4.78, 5) is 0. The van der Waals surface area contributed by atoms with Crippen LogP contribution in [0.15, 0.2) is 48.5 Å². The molecule has 3 unspecified atom stereocenters. The molecule has 0 bridgehead atoms. The lowest BCUT2D eigenvalue weighted by Gasteiger charge is -2.16. The lowest BCUT2D eigenvalue weighted by molar-refractivity contribution is 0.402. The third-order valence-corrected chi connectivity index (χ3v) is 4.28. The maximum absolute atomic E-state index is 6.47. The number of rotatable bonds is 4. The van der Waals surface area contributed by atoms with Gasteiger partial charge in [-0.25, -0.2) is 0 Å². The number of hydrogen-bond acceptors (Lipinski definition) is 2. The lowest BCUT2D eigenvalue weighted by atomic mass is 9.98. The summed E-state index contributed by atoms with van der Waals surface area (Å²) in [6, 6.07) is 17.0. The zero-order valence-corrected chi connectivity index (χ0v) is 12.0. The number of aryl methyl sites for hydroxylation is 1. The molecule has 0 spiro atoms. The van der Waals surface area contributed by atoms with Crippen LogP contribution in [-0.4, -0.2) is 7.11 Å². The topological polar surface area (TPSA) is 35.2 Å². The second-order valence-corrected chi connectivity index (χ2v) is 5.69. The van der Waals surface area contributed by atoms with Gasteiger partial charge >= 0.3 is 0 Å². The average molecular weight is 267 g/mol. The fourth-order valence-corrected chi connectivity index (χ4v) is 3.02. The van der Waals surface area contributed by atoms with Gasteiger partial charge < -0.3 is 10.5 Å². The SMILES string of the molecule is COc1cc(C)ccc1C(N)C1CC1c1ccccc1. The Hall–Kier alpha value is -1.80. The van der Waals surface area contributed by atoms with E-state index in [1.165, 1.54) is 17.5 Å². The second-order valence-electron chi connectivity index (χ2n) is 5.69. The largest absolute Gasteiger partial charge is 0.496 e. The average Bonchev–Trinajstić information content (AvgIpc) is 3.28. The van der Waals surface area contributed by atoms with Crippen molar-refractivity contribution in [2.45, 2.75) is 25.3 Å². The van der Waals surface area contributed by atoms with Crippen LogP contribution in [0.25, 0.3) is 0 Å². The number of methoxy groups -OCH3 is 1. The molecule has 0 aliphatic heterocycles. The van der Waals surface area contributed by atoms with Crippen LogP contribution in [0.4, 0.5) is 0 Å². The molecule has 3 rings (SSSR count). The summed E-state index contributed by atoms with van der Waals surface area (Å²) in [5.74, 6) is 2.03. The van der Waals surface area contributed by atoms with Crippen LogP contribution in [0, 0.1) is 12.8 Å². The van der Waals surface area contributed by atoms with Crippen LogP contribution in [0.2, 0.25) is 0 Å². The van der Waals surface area contributed by atoms with Crippen molar-refractivity contribution >= 4 is 0 Å². The number of benzene rings is 2. The fraction of sp³-hybridized carbons (Fsp3) is 0.333. The Kier molecular flexibility index (Phi) is 3.49. The molecule has 1 aliphatic carbocycles. The minimum atomic E-state index is 0.0516. The van der Waals surface area contributed by atoms with Crippen molar-refractivity contribution in [1.82, 2.24) is 0 Å². The van der Waals surface area contributed by atoms with Gasteiger partial charge in [0.15, 0.2) is 0 Å². The van der Waals surface area contributed by atoms with Gasteiger partial charge in [0.25, 0.3) is 0 Å². The van der Waals surface area contributed by atoms with Crippen molar-refractivity contribution in [1.29, 1.82) is 0 Å². The minimum Gasteiger partial charge on any atom is -0.496 e. The first-order chi connectivity index (χ1) is 9.70. The molecule has 1 saturated carbocycles. The van der Waals surface area contributed by atoms with E-state index in [2.05, 4.69) is 55.5 Å². The Morgan fingerprint density at radius 1 is 1.15 bits per heavy atom. The van der Waals surface area contributed by atoms with E-state index in [-0.39, 0.29) is 6.04 Å². The Bertz CT molecular complexity index is 594. The van der Waals surface area contributed by atoms with E-state index in [0.717, 1.165) is 11.3 Å². The molecule has 2 N–H and O–H groups in total. The number of hydrogen-bond donors (Lipinski definition) is 1. The highest BCUT2D eigenvalue weighted by atomic mass is 16.5. The van der Waals surface area contributed by atoms with Crippen LogP contribution >= 0.6 is 0 Å². The highest BCUT2D eigenvalue weighted by molar-refractivity contribution is 5.41. The third kappa shape index (κ3) is 2.44. The maximum atomic E-state index is 6.47. The molecule has 104 valence electrons. The van der Waals surface area contributed by atoms with Gasteiger partial charge in [-0.15, -0.1) is 0 Å². The molecule has 0 amide bonds. The van der Waals surface area contributed by atoms with E-state index in [1.54, 1.807) is 7.11 Å². The molecule has 0 aromatic heterocycles. The van der Waals surface area contributed by atoms with Crippen molar-refractivity contribution in [3.8, 4) is 5.75 Å². The second kappa shape index (κ2) is 5.29. The van der Waals surface area contributed by atoms with E-state index in [1.807, 2.05) is 0 Å². The minimum absolute atomic E-state index is 0.0516. The van der Waals surface area contributed by atoms with Crippen molar-refractivity contribution in [2.75, 3.05) is 7.11 Å². The smallest absolute Gasteiger partial charge is 0.123 e.